The van der Waals surface area contributed by atoms with E-state index >= 15 is 0 Å². The van der Waals surface area contributed by atoms with E-state index in [4.69, 9.17) is 17.0 Å². The molecule has 1 fully saturated rings. The predicted octanol–water partition coefficient (Wildman–Crippen LogP) is 3.26. The summed E-state index contributed by atoms with van der Waals surface area (Å²) in [4.78, 5) is 26.1. The number of rotatable bonds is 2. The highest BCUT2D eigenvalue weighted by Gasteiger charge is 2.40. The summed E-state index contributed by atoms with van der Waals surface area (Å²) >= 11 is 6.31. The summed E-state index contributed by atoms with van der Waals surface area (Å²) in [7, 11) is 1.83. The van der Waals surface area contributed by atoms with Crippen LogP contribution in [0, 0.1) is 0 Å². The third-order valence-corrected chi connectivity index (χ3v) is 5.51. The number of amides is 2. The van der Waals surface area contributed by atoms with Gasteiger partial charge in [-0.3, -0.25) is 15.0 Å². The van der Waals surface area contributed by atoms with Crippen molar-refractivity contribution < 1.29 is 14.3 Å². The number of hydrogen-bond acceptors (Lipinski definition) is 6. The highest BCUT2D eigenvalue weighted by Crippen LogP contribution is 2.44. The topological polar surface area (TPSA) is 61.9 Å². The standard InChI is InChI=1S/C19H15N3O3S2/c1-11(23)20-22-17(24)16(27-19(22)26)18-21(2)14-10-13(8-9-15(14)25-18)12-6-4-3-5-7-12/h3-10H,1-2H3,(H,20,23). The van der Waals surface area contributed by atoms with Gasteiger partial charge >= 0.3 is 0 Å². The molecule has 2 aromatic rings. The van der Waals surface area contributed by atoms with Gasteiger partial charge in [-0.15, -0.1) is 0 Å². The average Bonchev–Trinajstić information content (AvgIpc) is 3.13. The van der Waals surface area contributed by atoms with Crippen molar-refractivity contribution in [1.29, 1.82) is 0 Å². The Morgan fingerprint density at radius 2 is 1.89 bits per heavy atom. The van der Waals surface area contributed by atoms with Crippen LogP contribution in [0.2, 0.25) is 0 Å². The minimum absolute atomic E-state index is 0.260. The van der Waals surface area contributed by atoms with E-state index < -0.39 is 5.91 Å². The number of ether oxygens (including phenoxy) is 1. The molecule has 1 saturated heterocycles. The lowest BCUT2D eigenvalue weighted by Gasteiger charge is -2.15. The van der Waals surface area contributed by atoms with Crippen molar-refractivity contribution in [3.63, 3.8) is 0 Å². The van der Waals surface area contributed by atoms with Crippen LogP contribution < -0.4 is 15.1 Å². The molecule has 6 nitrogen and oxygen atoms in total. The van der Waals surface area contributed by atoms with Gasteiger partial charge in [-0.25, -0.2) is 0 Å². The smallest absolute Gasteiger partial charge is 0.290 e. The molecule has 2 aliphatic heterocycles. The Hall–Kier alpha value is -2.84. The number of nitrogens with one attached hydrogen (secondary N) is 1. The normalized spacial score (nSPS) is 18.6. The Labute approximate surface area is 165 Å². The van der Waals surface area contributed by atoms with Gasteiger partial charge in [0.2, 0.25) is 11.8 Å². The second-order valence-corrected chi connectivity index (χ2v) is 7.66. The Balaban J connectivity index is 1.69. The van der Waals surface area contributed by atoms with Crippen molar-refractivity contribution in [2.24, 2.45) is 0 Å². The van der Waals surface area contributed by atoms with Crippen LogP contribution in [0.1, 0.15) is 6.92 Å². The van der Waals surface area contributed by atoms with Crippen molar-refractivity contribution >= 4 is 45.8 Å². The van der Waals surface area contributed by atoms with E-state index in [1.165, 1.54) is 6.92 Å². The molecule has 0 spiro atoms. The SMILES string of the molecule is CC(=O)NN1C(=O)C(=C2Oc3ccc(-c4ccccc4)cc3N2C)SC1=S. The molecule has 0 bridgehead atoms. The number of carbonyl (C=O) groups is 2. The molecule has 2 aromatic carbocycles. The minimum Gasteiger partial charge on any atom is -0.437 e. The molecule has 2 amide bonds. The second kappa shape index (κ2) is 6.71. The van der Waals surface area contributed by atoms with Gasteiger partial charge in [0.15, 0.2) is 10.1 Å². The molecule has 0 atom stereocenters. The quantitative estimate of drug-likeness (QED) is 0.620. The number of benzene rings is 2. The van der Waals surface area contributed by atoms with Crippen LogP contribution in [0.3, 0.4) is 0 Å². The predicted molar refractivity (Wildman–Crippen MR) is 109 cm³/mol. The van der Waals surface area contributed by atoms with Crippen LogP contribution >= 0.6 is 24.0 Å². The van der Waals surface area contributed by atoms with Crippen LogP contribution in [-0.2, 0) is 9.59 Å². The third-order valence-electron chi connectivity index (χ3n) is 4.17. The van der Waals surface area contributed by atoms with E-state index in [-0.39, 0.29) is 10.2 Å². The van der Waals surface area contributed by atoms with E-state index in [0.29, 0.717) is 16.5 Å². The molecule has 0 saturated carbocycles. The summed E-state index contributed by atoms with van der Waals surface area (Å²) in [6, 6.07) is 15.9. The van der Waals surface area contributed by atoms with Gasteiger partial charge in [0.1, 0.15) is 4.91 Å². The molecule has 0 aliphatic carbocycles. The molecule has 136 valence electrons. The summed E-state index contributed by atoms with van der Waals surface area (Å²) in [5.41, 5.74) is 5.44. The number of hydrogen-bond donors (Lipinski definition) is 1. The van der Waals surface area contributed by atoms with Gasteiger partial charge < -0.3 is 9.64 Å². The summed E-state index contributed by atoms with van der Waals surface area (Å²) in [5.74, 6) is 0.296. The monoisotopic (exact) mass is 397 g/mol. The minimum atomic E-state index is -0.405. The van der Waals surface area contributed by atoms with Crippen LogP contribution in [0.4, 0.5) is 5.69 Å². The maximum atomic E-state index is 12.7. The molecule has 1 N–H and O–H groups in total. The number of nitrogens with zero attached hydrogens (tertiary/aromatic N) is 2. The number of hydrazine groups is 1. The summed E-state index contributed by atoms with van der Waals surface area (Å²) in [6.07, 6.45) is 0. The first-order chi connectivity index (χ1) is 13.0. The fraction of sp³-hybridized carbons (Fsp3) is 0.105. The zero-order valence-electron chi connectivity index (χ0n) is 14.6. The van der Waals surface area contributed by atoms with Gasteiger partial charge in [-0.1, -0.05) is 36.4 Å². The number of thioether (sulfide) groups is 1. The molecule has 8 heteroatoms. The largest absolute Gasteiger partial charge is 0.437 e. The fourth-order valence-electron chi connectivity index (χ4n) is 2.91. The molecule has 0 aromatic heterocycles. The maximum Gasteiger partial charge on any atom is 0.290 e. The lowest BCUT2D eigenvalue weighted by Crippen LogP contribution is -2.44. The Morgan fingerprint density at radius 1 is 1.15 bits per heavy atom. The number of fused-ring (bicyclic) bond motifs is 1. The van der Waals surface area contributed by atoms with Gasteiger partial charge in [0.25, 0.3) is 5.91 Å². The molecule has 0 unspecified atom stereocenters. The summed E-state index contributed by atoms with van der Waals surface area (Å²) < 4.78 is 6.19. The summed E-state index contributed by atoms with van der Waals surface area (Å²) in [6.45, 7) is 1.32. The highest BCUT2D eigenvalue weighted by molar-refractivity contribution is 8.26. The lowest BCUT2D eigenvalue weighted by molar-refractivity contribution is -0.132. The molecular formula is C19H15N3O3S2. The van der Waals surface area contributed by atoms with Crippen LogP contribution in [-0.4, -0.2) is 28.2 Å². The molecule has 4 rings (SSSR count). The molecular weight excluding hydrogens is 382 g/mol. The van der Waals surface area contributed by atoms with E-state index in [1.54, 1.807) is 0 Å². The van der Waals surface area contributed by atoms with Crippen LogP contribution in [0.25, 0.3) is 11.1 Å². The first-order valence-corrected chi connectivity index (χ1v) is 9.37. The molecule has 0 radical (unpaired) electrons. The number of thiocarbonyl (C=S) groups is 1. The zero-order valence-corrected chi connectivity index (χ0v) is 16.2. The highest BCUT2D eigenvalue weighted by atomic mass is 32.2. The Kier molecular flexibility index (Phi) is 4.37. The van der Waals surface area contributed by atoms with Crippen molar-refractivity contribution in [2.45, 2.75) is 6.92 Å². The first-order valence-electron chi connectivity index (χ1n) is 8.14. The van der Waals surface area contributed by atoms with E-state index in [2.05, 4.69) is 5.43 Å². The average molecular weight is 397 g/mol. The van der Waals surface area contributed by atoms with Crippen molar-refractivity contribution in [3.05, 3.63) is 59.3 Å². The van der Waals surface area contributed by atoms with Gasteiger partial charge in [0, 0.05) is 14.0 Å². The van der Waals surface area contributed by atoms with E-state index in [1.807, 2.05) is 60.5 Å². The van der Waals surface area contributed by atoms with Crippen molar-refractivity contribution in [2.75, 3.05) is 11.9 Å². The number of anilines is 1. The van der Waals surface area contributed by atoms with Gasteiger partial charge in [-0.2, -0.15) is 5.01 Å². The second-order valence-electron chi connectivity index (χ2n) is 6.02. The molecule has 27 heavy (non-hydrogen) atoms. The summed E-state index contributed by atoms with van der Waals surface area (Å²) in [5, 5.41) is 1.07. The Morgan fingerprint density at radius 3 is 2.59 bits per heavy atom. The van der Waals surface area contributed by atoms with Gasteiger partial charge in [0.05, 0.1) is 5.69 Å². The molecule has 2 heterocycles. The van der Waals surface area contributed by atoms with Crippen LogP contribution in [0.15, 0.2) is 59.3 Å². The Bertz CT molecular complexity index is 1000. The maximum absolute atomic E-state index is 12.7. The molecule has 2 aliphatic rings. The third kappa shape index (κ3) is 3.07. The van der Waals surface area contributed by atoms with E-state index in [9.17, 15) is 9.59 Å². The zero-order chi connectivity index (χ0) is 19.1. The first kappa shape index (κ1) is 17.6. The van der Waals surface area contributed by atoms with Crippen molar-refractivity contribution in [1.82, 2.24) is 10.4 Å². The lowest BCUT2D eigenvalue weighted by atomic mass is 10.0. The van der Waals surface area contributed by atoms with Crippen LogP contribution in [0.5, 0.6) is 5.75 Å². The fourth-order valence-corrected chi connectivity index (χ4v) is 4.12. The van der Waals surface area contributed by atoms with Gasteiger partial charge in [-0.05, 0) is 47.2 Å². The number of carbonyl (C=O) groups excluding carboxylic acids is 2. The van der Waals surface area contributed by atoms with E-state index in [0.717, 1.165) is 33.6 Å². The van der Waals surface area contributed by atoms with Crippen molar-refractivity contribution in [3.8, 4) is 16.9 Å².